The van der Waals surface area contributed by atoms with E-state index >= 15 is 0 Å². The molecule has 2 rings (SSSR count). The largest absolute Gasteiger partial charge is 0.378 e. The summed E-state index contributed by atoms with van der Waals surface area (Å²) in [7, 11) is 0. The van der Waals surface area contributed by atoms with Gasteiger partial charge in [-0.25, -0.2) is 9.37 Å². The number of nitriles is 1. The van der Waals surface area contributed by atoms with Crippen LogP contribution in [0.25, 0.3) is 0 Å². The van der Waals surface area contributed by atoms with Gasteiger partial charge in [-0.1, -0.05) is 0 Å². The molecule has 0 aliphatic heterocycles. The zero-order valence-corrected chi connectivity index (χ0v) is 10.0. The van der Waals surface area contributed by atoms with Gasteiger partial charge in [0, 0.05) is 11.1 Å². The smallest absolute Gasteiger partial charge is 0.147 e. The van der Waals surface area contributed by atoms with E-state index < -0.39 is 5.82 Å². The van der Waals surface area contributed by atoms with Crippen molar-refractivity contribution in [2.75, 3.05) is 5.32 Å². The van der Waals surface area contributed by atoms with Crippen molar-refractivity contribution >= 4 is 17.0 Å². The highest BCUT2D eigenvalue weighted by Gasteiger charge is 2.04. The Morgan fingerprint density at radius 2 is 2.35 bits per heavy atom. The van der Waals surface area contributed by atoms with E-state index in [9.17, 15) is 4.39 Å². The number of aromatic nitrogens is 1. The lowest BCUT2D eigenvalue weighted by atomic mass is 10.2. The second kappa shape index (κ2) is 4.93. The number of thiazole rings is 1. The van der Waals surface area contributed by atoms with Gasteiger partial charge in [0.1, 0.15) is 5.82 Å². The van der Waals surface area contributed by atoms with Gasteiger partial charge in [-0.2, -0.15) is 5.26 Å². The maximum atomic E-state index is 13.5. The molecule has 0 saturated heterocycles. The lowest BCUT2D eigenvalue weighted by molar-refractivity contribution is 0.629. The minimum atomic E-state index is -0.412. The molecule has 0 radical (unpaired) electrons. The first-order valence-electron chi connectivity index (χ1n) is 5.04. The molecule has 2 aromatic rings. The van der Waals surface area contributed by atoms with Crippen LogP contribution in [0.3, 0.4) is 0 Å². The van der Waals surface area contributed by atoms with Crippen molar-refractivity contribution in [1.29, 1.82) is 5.26 Å². The molecule has 3 nitrogen and oxygen atoms in total. The van der Waals surface area contributed by atoms with E-state index in [0.717, 1.165) is 9.88 Å². The van der Waals surface area contributed by atoms with E-state index in [1.807, 2.05) is 13.0 Å². The number of aryl methyl sites for hydroxylation is 1. The van der Waals surface area contributed by atoms with Crippen LogP contribution in [0.4, 0.5) is 10.1 Å². The fourth-order valence-electron chi connectivity index (χ4n) is 1.40. The van der Waals surface area contributed by atoms with Crippen molar-refractivity contribution in [3.05, 3.63) is 45.7 Å². The lowest BCUT2D eigenvalue weighted by Crippen LogP contribution is -2.00. The van der Waals surface area contributed by atoms with Gasteiger partial charge >= 0.3 is 0 Å². The SMILES string of the molecule is Cc1ncc(CNc2ccc(C#N)cc2F)s1. The van der Waals surface area contributed by atoms with Gasteiger partial charge < -0.3 is 5.32 Å². The first kappa shape index (κ1) is 11.6. The van der Waals surface area contributed by atoms with Crippen LogP contribution in [-0.4, -0.2) is 4.98 Å². The van der Waals surface area contributed by atoms with E-state index in [-0.39, 0.29) is 0 Å². The van der Waals surface area contributed by atoms with Crippen LogP contribution >= 0.6 is 11.3 Å². The van der Waals surface area contributed by atoms with Gasteiger partial charge in [0.15, 0.2) is 0 Å². The molecule has 1 aromatic carbocycles. The minimum absolute atomic E-state index is 0.321. The van der Waals surface area contributed by atoms with Gasteiger partial charge in [-0.05, 0) is 25.1 Å². The van der Waals surface area contributed by atoms with E-state index in [4.69, 9.17) is 5.26 Å². The summed E-state index contributed by atoms with van der Waals surface area (Å²) in [6.07, 6.45) is 1.77. The number of hydrogen-bond donors (Lipinski definition) is 1. The molecule has 0 spiro atoms. The molecule has 17 heavy (non-hydrogen) atoms. The number of hydrogen-bond acceptors (Lipinski definition) is 4. The quantitative estimate of drug-likeness (QED) is 0.906. The average Bonchev–Trinajstić information content (AvgIpc) is 2.73. The highest BCUT2D eigenvalue weighted by molar-refractivity contribution is 7.11. The highest BCUT2D eigenvalue weighted by atomic mass is 32.1. The second-order valence-electron chi connectivity index (χ2n) is 3.51. The maximum absolute atomic E-state index is 13.5. The molecule has 0 amide bonds. The molecule has 1 heterocycles. The van der Waals surface area contributed by atoms with Gasteiger partial charge in [0.2, 0.25) is 0 Å². The van der Waals surface area contributed by atoms with Crippen molar-refractivity contribution < 1.29 is 4.39 Å². The topological polar surface area (TPSA) is 48.7 Å². The Balaban J connectivity index is 2.07. The van der Waals surface area contributed by atoms with Crippen LogP contribution in [0.1, 0.15) is 15.4 Å². The molecule has 0 unspecified atom stereocenters. The van der Waals surface area contributed by atoms with Crippen LogP contribution in [0.5, 0.6) is 0 Å². The molecule has 1 N–H and O–H groups in total. The van der Waals surface area contributed by atoms with Crippen molar-refractivity contribution in [3.63, 3.8) is 0 Å². The average molecular weight is 247 g/mol. The summed E-state index contributed by atoms with van der Waals surface area (Å²) in [5.41, 5.74) is 0.719. The van der Waals surface area contributed by atoms with Gasteiger partial charge in [0.05, 0.1) is 28.9 Å². The maximum Gasteiger partial charge on any atom is 0.147 e. The van der Waals surface area contributed by atoms with Crippen molar-refractivity contribution in [1.82, 2.24) is 4.98 Å². The number of rotatable bonds is 3. The predicted octanol–water partition coefficient (Wildman–Crippen LogP) is 3.07. The van der Waals surface area contributed by atoms with E-state index in [1.54, 1.807) is 29.7 Å². The molecule has 0 atom stereocenters. The molecule has 1 aromatic heterocycles. The van der Waals surface area contributed by atoms with Crippen molar-refractivity contribution in [2.24, 2.45) is 0 Å². The van der Waals surface area contributed by atoms with Crippen LogP contribution in [0, 0.1) is 24.1 Å². The van der Waals surface area contributed by atoms with Crippen molar-refractivity contribution in [2.45, 2.75) is 13.5 Å². The van der Waals surface area contributed by atoms with Gasteiger partial charge in [-0.15, -0.1) is 11.3 Å². The fourth-order valence-corrected chi connectivity index (χ4v) is 2.13. The first-order valence-corrected chi connectivity index (χ1v) is 5.85. The van der Waals surface area contributed by atoms with Crippen molar-refractivity contribution in [3.8, 4) is 6.07 Å². The Labute approximate surface area is 103 Å². The monoisotopic (exact) mass is 247 g/mol. The third-order valence-electron chi connectivity index (χ3n) is 2.22. The van der Waals surface area contributed by atoms with E-state index in [1.165, 1.54) is 6.07 Å². The lowest BCUT2D eigenvalue weighted by Gasteiger charge is -2.05. The molecule has 0 aliphatic rings. The summed E-state index contributed by atoms with van der Waals surface area (Å²) < 4.78 is 13.5. The Morgan fingerprint density at radius 1 is 1.53 bits per heavy atom. The second-order valence-corrected chi connectivity index (χ2v) is 4.82. The third-order valence-corrected chi connectivity index (χ3v) is 3.13. The van der Waals surface area contributed by atoms with Crippen LogP contribution < -0.4 is 5.32 Å². The molecular weight excluding hydrogens is 237 g/mol. The van der Waals surface area contributed by atoms with Gasteiger partial charge in [0.25, 0.3) is 0 Å². The summed E-state index contributed by atoms with van der Waals surface area (Å²) in [6.45, 7) is 2.46. The molecular formula is C12H10FN3S. The van der Waals surface area contributed by atoms with E-state index in [2.05, 4.69) is 10.3 Å². The van der Waals surface area contributed by atoms with Gasteiger partial charge in [-0.3, -0.25) is 0 Å². The minimum Gasteiger partial charge on any atom is -0.378 e. The molecule has 0 fully saturated rings. The number of benzene rings is 1. The van der Waals surface area contributed by atoms with Crippen LogP contribution in [0.15, 0.2) is 24.4 Å². The van der Waals surface area contributed by atoms with Crippen LogP contribution in [0.2, 0.25) is 0 Å². The number of nitrogens with zero attached hydrogens (tertiary/aromatic N) is 2. The predicted molar refractivity (Wildman–Crippen MR) is 65.3 cm³/mol. The number of halogens is 1. The summed E-state index contributed by atoms with van der Waals surface area (Å²) in [5, 5.41) is 12.6. The summed E-state index contributed by atoms with van der Waals surface area (Å²) in [5.74, 6) is -0.412. The third kappa shape index (κ3) is 2.80. The highest BCUT2D eigenvalue weighted by Crippen LogP contribution is 2.18. The molecule has 5 heteroatoms. The normalized spacial score (nSPS) is 9.94. The zero-order valence-electron chi connectivity index (χ0n) is 9.20. The summed E-state index contributed by atoms with van der Waals surface area (Å²) in [4.78, 5) is 5.17. The fraction of sp³-hybridized carbons (Fsp3) is 0.167. The Kier molecular flexibility index (Phi) is 3.35. The Hall–Kier alpha value is -1.93. The molecule has 0 aliphatic carbocycles. The Morgan fingerprint density at radius 3 is 2.94 bits per heavy atom. The molecule has 86 valence electrons. The summed E-state index contributed by atoms with van der Waals surface area (Å²) >= 11 is 1.57. The number of nitrogens with one attached hydrogen (secondary N) is 1. The Bertz CT molecular complexity index is 571. The summed E-state index contributed by atoms with van der Waals surface area (Å²) in [6, 6.07) is 6.28. The molecule has 0 bridgehead atoms. The van der Waals surface area contributed by atoms with E-state index in [0.29, 0.717) is 17.8 Å². The van der Waals surface area contributed by atoms with Crippen LogP contribution in [-0.2, 0) is 6.54 Å². The first-order chi connectivity index (χ1) is 8.19. The zero-order chi connectivity index (χ0) is 12.3. The molecule has 0 saturated carbocycles. The standard InChI is InChI=1S/C12H10FN3S/c1-8-15-6-10(17-8)7-16-12-3-2-9(5-14)4-11(12)13/h2-4,6,16H,7H2,1H3. The number of anilines is 1.